The van der Waals surface area contributed by atoms with Crippen LogP contribution in [0.3, 0.4) is 0 Å². The fourth-order valence-corrected chi connectivity index (χ4v) is 2.79. The maximum absolute atomic E-state index is 11.9. The van der Waals surface area contributed by atoms with Crippen molar-refractivity contribution in [3.05, 3.63) is 57.0 Å². The van der Waals surface area contributed by atoms with Crippen molar-refractivity contribution in [1.82, 2.24) is 0 Å². The molecule has 1 amide bonds. The van der Waals surface area contributed by atoms with E-state index < -0.39 is 0 Å². The van der Waals surface area contributed by atoms with Crippen molar-refractivity contribution in [2.45, 2.75) is 19.8 Å². The summed E-state index contributed by atoms with van der Waals surface area (Å²) in [5.41, 5.74) is 1.55. The fourth-order valence-electron chi connectivity index (χ4n) is 2.04. The summed E-state index contributed by atoms with van der Waals surface area (Å²) in [6.45, 7) is 2.38. The van der Waals surface area contributed by atoms with Gasteiger partial charge in [-0.05, 0) is 55.3 Å². The summed E-state index contributed by atoms with van der Waals surface area (Å²) >= 11 is 17.7. The van der Waals surface area contributed by atoms with Gasteiger partial charge in [-0.25, -0.2) is 0 Å². The molecule has 0 aliphatic rings. The highest BCUT2D eigenvalue weighted by molar-refractivity contribution is 6.35. The van der Waals surface area contributed by atoms with Crippen LogP contribution in [-0.2, 0) is 4.79 Å². The van der Waals surface area contributed by atoms with E-state index in [2.05, 4.69) is 5.32 Å². The molecule has 0 heterocycles. The normalized spacial score (nSPS) is 10.4. The molecule has 0 fully saturated rings. The molecule has 0 atom stereocenters. The Morgan fingerprint density at radius 2 is 1.74 bits per heavy atom. The number of nitrogens with one attached hydrogen (secondary N) is 1. The van der Waals surface area contributed by atoms with E-state index in [-0.39, 0.29) is 5.91 Å². The molecule has 1 N–H and O–H groups in total. The molecule has 23 heavy (non-hydrogen) atoms. The van der Waals surface area contributed by atoms with Crippen LogP contribution in [0.5, 0.6) is 5.75 Å². The second-order valence-corrected chi connectivity index (χ2v) is 6.38. The van der Waals surface area contributed by atoms with Gasteiger partial charge in [0.15, 0.2) is 0 Å². The standard InChI is InChI=1S/C17H16Cl3NO2/c1-11-7-12(18)4-5-16(11)23-6-2-3-17(22)21-15-9-13(19)8-14(20)10-15/h4-5,7-10H,2-3,6H2,1H3,(H,21,22). The van der Waals surface area contributed by atoms with Gasteiger partial charge in [0.25, 0.3) is 0 Å². The highest BCUT2D eigenvalue weighted by Crippen LogP contribution is 2.23. The maximum atomic E-state index is 11.9. The molecule has 2 rings (SSSR count). The van der Waals surface area contributed by atoms with Gasteiger partial charge in [-0.15, -0.1) is 0 Å². The van der Waals surface area contributed by atoms with Gasteiger partial charge in [-0.2, -0.15) is 0 Å². The average molecular weight is 373 g/mol. The van der Waals surface area contributed by atoms with Crippen LogP contribution < -0.4 is 10.1 Å². The van der Waals surface area contributed by atoms with Crippen LogP contribution in [0, 0.1) is 6.92 Å². The van der Waals surface area contributed by atoms with E-state index in [0.717, 1.165) is 11.3 Å². The lowest BCUT2D eigenvalue weighted by molar-refractivity contribution is -0.116. The largest absolute Gasteiger partial charge is 0.493 e. The second kappa shape index (κ2) is 8.44. The van der Waals surface area contributed by atoms with Gasteiger partial charge < -0.3 is 10.1 Å². The number of rotatable bonds is 6. The molecule has 0 bridgehead atoms. The number of carbonyl (C=O) groups excluding carboxylic acids is 1. The van der Waals surface area contributed by atoms with E-state index in [1.165, 1.54) is 0 Å². The third-order valence-electron chi connectivity index (χ3n) is 3.09. The van der Waals surface area contributed by atoms with Crippen molar-refractivity contribution >= 4 is 46.4 Å². The first-order valence-electron chi connectivity index (χ1n) is 7.09. The number of aryl methyl sites for hydroxylation is 1. The van der Waals surface area contributed by atoms with Gasteiger partial charge in [-0.3, -0.25) is 4.79 Å². The zero-order valence-corrected chi connectivity index (χ0v) is 14.8. The summed E-state index contributed by atoms with van der Waals surface area (Å²) in [4.78, 5) is 11.9. The van der Waals surface area contributed by atoms with Crippen LogP contribution in [0.25, 0.3) is 0 Å². The lowest BCUT2D eigenvalue weighted by Crippen LogP contribution is -2.13. The molecule has 0 aliphatic heterocycles. The summed E-state index contributed by atoms with van der Waals surface area (Å²) in [7, 11) is 0. The maximum Gasteiger partial charge on any atom is 0.224 e. The van der Waals surface area contributed by atoms with Crippen molar-refractivity contribution in [3.63, 3.8) is 0 Å². The van der Waals surface area contributed by atoms with E-state index in [0.29, 0.717) is 40.2 Å². The Kier molecular flexibility index (Phi) is 6.58. The Morgan fingerprint density at radius 1 is 1.04 bits per heavy atom. The molecular weight excluding hydrogens is 357 g/mol. The first kappa shape index (κ1) is 17.9. The number of hydrogen-bond acceptors (Lipinski definition) is 2. The summed E-state index contributed by atoms with van der Waals surface area (Å²) in [6, 6.07) is 10.4. The number of ether oxygens (including phenoxy) is 1. The lowest BCUT2D eigenvalue weighted by Gasteiger charge is -2.10. The van der Waals surface area contributed by atoms with E-state index in [1.807, 2.05) is 19.1 Å². The van der Waals surface area contributed by atoms with Crippen LogP contribution in [0.2, 0.25) is 15.1 Å². The number of carbonyl (C=O) groups is 1. The van der Waals surface area contributed by atoms with Crippen LogP contribution in [0.4, 0.5) is 5.69 Å². The van der Waals surface area contributed by atoms with Crippen molar-refractivity contribution in [2.75, 3.05) is 11.9 Å². The molecule has 3 nitrogen and oxygen atoms in total. The van der Waals surface area contributed by atoms with Crippen LogP contribution in [0.1, 0.15) is 18.4 Å². The molecule has 0 aromatic heterocycles. The topological polar surface area (TPSA) is 38.3 Å². The van der Waals surface area contributed by atoms with Crippen molar-refractivity contribution < 1.29 is 9.53 Å². The Hall–Kier alpha value is -1.42. The zero-order chi connectivity index (χ0) is 16.8. The molecule has 2 aromatic rings. The first-order valence-corrected chi connectivity index (χ1v) is 8.22. The van der Waals surface area contributed by atoms with E-state index in [1.54, 1.807) is 24.3 Å². The predicted octanol–water partition coefficient (Wildman–Crippen LogP) is 5.75. The Morgan fingerprint density at radius 3 is 2.39 bits per heavy atom. The van der Waals surface area contributed by atoms with Gasteiger partial charge in [0.1, 0.15) is 5.75 Å². The number of amides is 1. The molecule has 0 saturated carbocycles. The molecule has 122 valence electrons. The van der Waals surface area contributed by atoms with Gasteiger partial charge in [0, 0.05) is 27.2 Å². The van der Waals surface area contributed by atoms with Crippen LogP contribution >= 0.6 is 34.8 Å². The average Bonchev–Trinajstić information content (AvgIpc) is 2.44. The third-order valence-corrected chi connectivity index (χ3v) is 3.76. The third kappa shape index (κ3) is 5.94. The monoisotopic (exact) mass is 371 g/mol. The molecular formula is C17H16Cl3NO2. The minimum Gasteiger partial charge on any atom is -0.493 e. The molecule has 6 heteroatoms. The highest BCUT2D eigenvalue weighted by atomic mass is 35.5. The van der Waals surface area contributed by atoms with E-state index in [4.69, 9.17) is 39.5 Å². The number of anilines is 1. The summed E-state index contributed by atoms with van der Waals surface area (Å²) in [5.74, 6) is 0.663. The molecule has 0 radical (unpaired) electrons. The van der Waals surface area contributed by atoms with E-state index >= 15 is 0 Å². The van der Waals surface area contributed by atoms with Crippen molar-refractivity contribution in [2.24, 2.45) is 0 Å². The molecule has 0 aliphatic carbocycles. The number of benzene rings is 2. The van der Waals surface area contributed by atoms with Gasteiger partial charge in [-0.1, -0.05) is 34.8 Å². The van der Waals surface area contributed by atoms with Crippen LogP contribution in [-0.4, -0.2) is 12.5 Å². The number of halogens is 3. The van der Waals surface area contributed by atoms with Crippen LogP contribution in [0.15, 0.2) is 36.4 Å². The molecule has 0 unspecified atom stereocenters. The van der Waals surface area contributed by atoms with E-state index in [9.17, 15) is 4.79 Å². The zero-order valence-electron chi connectivity index (χ0n) is 12.5. The van der Waals surface area contributed by atoms with Gasteiger partial charge in [0.05, 0.1) is 6.61 Å². The lowest BCUT2D eigenvalue weighted by atomic mass is 10.2. The van der Waals surface area contributed by atoms with Gasteiger partial charge >= 0.3 is 0 Å². The second-order valence-electron chi connectivity index (χ2n) is 5.07. The fraction of sp³-hybridized carbons (Fsp3) is 0.235. The van der Waals surface area contributed by atoms with Crippen molar-refractivity contribution in [3.8, 4) is 5.75 Å². The minimum atomic E-state index is -0.111. The predicted molar refractivity (Wildman–Crippen MR) is 96.0 cm³/mol. The smallest absolute Gasteiger partial charge is 0.224 e. The Labute approximate surface area is 150 Å². The summed E-state index contributed by atoms with van der Waals surface area (Å²) in [5, 5.41) is 4.40. The molecule has 0 spiro atoms. The first-order chi connectivity index (χ1) is 10.9. The Bertz CT molecular complexity index is 684. The summed E-state index contributed by atoms with van der Waals surface area (Å²) in [6.07, 6.45) is 0.943. The minimum absolute atomic E-state index is 0.111. The SMILES string of the molecule is Cc1cc(Cl)ccc1OCCCC(=O)Nc1cc(Cl)cc(Cl)c1. The molecule has 0 saturated heterocycles. The number of hydrogen-bond donors (Lipinski definition) is 1. The van der Waals surface area contributed by atoms with Gasteiger partial charge in [0.2, 0.25) is 5.91 Å². The highest BCUT2D eigenvalue weighted by Gasteiger charge is 2.05. The summed E-state index contributed by atoms with van der Waals surface area (Å²) < 4.78 is 5.65. The Balaban J connectivity index is 1.76. The molecule has 2 aromatic carbocycles. The van der Waals surface area contributed by atoms with Crippen molar-refractivity contribution in [1.29, 1.82) is 0 Å². The quantitative estimate of drug-likeness (QED) is 0.655.